The maximum atomic E-state index is 12.4. The van der Waals surface area contributed by atoms with E-state index >= 15 is 0 Å². The van der Waals surface area contributed by atoms with Crippen molar-refractivity contribution in [3.05, 3.63) is 40.1 Å². The Kier molecular flexibility index (Phi) is 4.13. The van der Waals surface area contributed by atoms with E-state index in [0.29, 0.717) is 5.69 Å². The second-order valence-electron chi connectivity index (χ2n) is 4.08. The first-order valence-corrected chi connectivity index (χ1v) is 7.99. The van der Waals surface area contributed by atoms with E-state index in [2.05, 4.69) is 9.97 Å². The third-order valence-corrected chi connectivity index (χ3v) is 5.27. The van der Waals surface area contributed by atoms with Crippen LogP contribution in [0.25, 0.3) is 0 Å². The standard InChI is InChI=1S/C12H12N4O2S2/c1-9-15-10(8-19-9)7-16(2)20(17,18)12-4-3-5-14-11(12)6-13/h3-5,8H,7H2,1-2H3. The van der Waals surface area contributed by atoms with Crippen molar-refractivity contribution in [2.24, 2.45) is 0 Å². The highest BCUT2D eigenvalue weighted by atomic mass is 32.2. The van der Waals surface area contributed by atoms with E-state index in [-0.39, 0.29) is 17.1 Å². The van der Waals surface area contributed by atoms with Crippen LogP contribution in [0.2, 0.25) is 0 Å². The molecule has 0 amide bonds. The molecule has 0 aliphatic rings. The smallest absolute Gasteiger partial charge is 0.245 e. The highest BCUT2D eigenvalue weighted by Crippen LogP contribution is 2.19. The highest BCUT2D eigenvalue weighted by molar-refractivity contribution is 7.89. The minimum atomic E-state index is -3.76. The molecule has 6 nitrogen and oxygen atoms in total. The van der Waals surface area contributed by atoms with Crippen LogP contribution in [0.4, 0.5) is 0 Å². The van der Waals surface area contributed by atoms with Crippen molar-refractivity contribution in [1.29, 1.82) is 5.26 Å². The van der Waals surface area contributed by atoms with Gasteiger partial charge < -0.3 is 0 Å². The van der Waals surface area contributed by atoms with Gasteiger partial charge in [-0.25, -0.2) is 18.4 Å². The monoisotopic (exact) mass is 308 g/mol. The number of rotatable bonds is 4. The molecule has 0 bridgehead atoms. The summed E-state index contributed by atoms with van der Waals surface area (Å²) >= 11 is 1.46. The summed E-state index contributed by atoms with van der Waals surface area (Å²) in [6, 6.07) is 4.67. The van der Waals surface area contributed by atoms with E-state index in [0.717, 1.165) is 5.01 Å². The van der Waals surface area contributed by atoms with Crippen molar-refractivity contribution in [3.63, 3.8) is 0 Å². The van der Waals surface area contributed by atoms with Crippen molar-refractivity contribution in [1.82, 2.24) is 14.3 Å². The molecule has 0 aliphatic heterocycles. The topological polar surface area (TPSA) is 87.0 Å². The van der Waals surface area contributed by atoms with Gasteiger partial charge in [0.25, 0.3) is 0 Å². The quantitative estimate of drug-likeness (QED) is 0.855. The summed E-state index contributed by atoms with van der Waals surface area (Å²) in [7, 11) is -2.30. The van der Waals surface area contributed by atoms with Crippen LogP contribution in [-0.4, -0.2) is 29.7 Å². The lowest BCUT2D eigenvalue weighted by molar-refractivity contribution is 0.462. The van der Waals surface area contributed by atoms with Crippen molar-refractivity contribution >= 4 is 21.4 Å². The zero-order valence-corrected chi connectivity index (χ0v) is 12.6. The predicted octanol–water partition coefficient (Wildman–Crippen LogP) is 1.54. The summed E-state index contributed by atoms with van der Waals surface area (Å²) in [4.78, 5) is 7.92. The number of nitrogens with zero attached hydrogens (tertiary/aromatic N) is 4. The van der Waals surface area contributed by atoms with Gasteiger partial charge in [0.15, 0.2) is 5.69 Å². The fourth-order valence-corrected chi connectivity index (χ4v) is 3.48. The van der Waals surface area contributed by atoms with Crippen molar-refractivity contribution in [2.45, 2.75) is 18.4 Å². The first-order valence-electron chi connectivity index (χ1n) is 5.67. The highest BCUT2D eigenvalue weighted by Gasteiger charge is 2.25. The van der Waals surface area contributed by atoms with Crippen LogP contribution in [0.1, 0.15) is 16.4 Å². The van der Waals surface area contributed by atoms with Gasteiger partial charge in [0.05, 0.1) is 17.2 Å². The average molecular weight is 308 g/mol. The molecule has 2 aromatic heterocycles. The van der Waals surface area contributed by atoms with E-state index < -0.39 is 10.0 Å². The van der Waals surface area contributed by atoms with Crippen LogP contribution in [-0.2, 0) is 16.6 Å². The second kappa shape index (κ2) is 5.66. The number of sulfonamides is 1. The van der Waals surface area contributed by atoms with E-state index in [1.807, 2.05) is 12.3 Å². The van der Waals surface area contributed by atoms with Crippen molar-refractivity contribution < 1.29 is 8.42 Å². The normalized spacial score (nSPS) is 11.5. The van der Waals surface area contributed by atoms with Crippen LogP contribution in [0, 0.1) is 18.3 Å². The molecule has 104 valence electrons. The lowest BCUT2D eigenvalue weighted by Crippen LogP contribution is -2.27. The van der Waals surface area contributed by atoms with E-state index in [9.17, 15) is 8.42 Å². The van der Waals surface area contributed by atoms with Crippen LogP contribution in [0.15, 0.2) is 28.6 Å². The van der Waals surface area contributed by atoms with Crippen LogP contribution in [0.5, 0.6) is 0 Å². The Bertz CT molecular complexity index is 762. The van der Waals surface area contributed by atoms with Gasteiger partial charge in [0, 0.05) is 18.6 Å². The summed E-state index contributed by atoms with van der Waals surface area (Å²) in [5, 5.41) is 11.6. The van der Waals surface area contributed by atoms with Gasteiger partial charge in [0.2, 0.25) is 10.0 Å². The van der Waals surface area contributed by atoms with E-state index in [4.69, 9.17) is 5.26 Å². The Morgan fingerprint density at radius 2 is 2.25 bits per heavy atom. The zero-order valence-electron chi connectivity index (χ0n) is 10.9. The molecule has 0 unspecified atom stereocenters. The molecule has 20 heavy (non-hydrogen) atoms. The average Bonchev–Trinajstić information content (AvgIpc) is 2.84. The number of aryl methyl sites for hydroxylation is 1. The Balaban J connectivity index is 2.32. The molecular formula is C12H12N4O2S2. The molecule has 8 heteroatoms. The van der Waals surface area contributed by atoms with Gasteiger partial charge >= 0.3 is 0 Å². The summed E-state index contributed by atoms with van der Waals surface area (Å²) in [5.74, 6) is 0. The molecule has 0 saturated heterocycles. The Hall–Kier alpha value is -1.82. The summed E-state index contributed by atoms with van der Waals surface area (Å²) in [5.41, 5.74) is 0.579. The fourth-order valence-electron chi connectivity index (χ4n) is 1.64. The largest absolute Gasteiger partial charge is 0.246 e. The molecule has 0 N–H and O–H groups in total. The number of hydrogen-bond acceptors (Lipinski definition) is 6. The lowest BCUT2D eigenvalue weighted by Gasteiger charge is -2.16. The van der Waals surface area contributed by atoms with Crippen LogP contribution >= 0.6 is 11.3 Å². The number of hydrogen-bond donors (Lipinski definition) is 0. The number of pyridine rings is 1. The molecule has 0 fully saturated rings. The Morgan fingerprint density at radius 3 is 2.85 bits per heavy atom. The van der Waals surface area contributed by atoms with Gasteiger partial charge in [-0.2, -0.15) is 9.57 Å². The summed E-state index contributed by atoms with van der Waals surface area (Å²) in [6.07, 6.45) is 1.39. The molecule has 2 rings (SSSR count). The zero-order chi connectivity index (χ0) is 14.8. The molecule has 0 atom stereocenters. The first-order chi connectivity index (χ1) is 9.45. The Morgan fingerprint density at radius 1 is 1.50 bits per heavy atom. The molecule has 0 aromatic carbocycles. The van der Waals surface area contributed by atoms with Gasteiger partial charge in [-0.3, -0.25) is 0 Å². The van der Waals surface area contributed by atoms with Gasteiger partial charge in [-0.15, -0.1) is 11.3 Å². The number of aromatic nitrogens is 2. The molecule has 0 aliphatic carbocycles. The van der Waals surface area contributed by atoms with Crippen molar-refractivity contribution in [2.75, 3.05) is 7.05 Å². The number of nitriles is 1. The summed E-state index contributed by atoms with van der Waals surface area (Å²) < 4.78 is 26.0. The first kappa shape index (κ1) is 14.6. The SMILES string of the molecule is Cc1nc(CN(C)S(=O)(=O)c2cccnc2C#N)cs1. The van der Waals surface area contributed by atoms with Gasteiger partial charge in [0.1, 0.15) is 11.0 Å². The van der Waals surface area contributed by atoms with Crippen molar-refractivity contribution in [3.8, 4) is 6.07 Å². The second-order valence-corrected chi connectivity index (χ2v) is 7.16. The van der Waals surface area contributed by atoms with Crippen LogP contribution < -0.4 is 0 Å². The minimum absolute atomic E-state index is 0.0862. The predicted molar refractivity (Wildman–Crippen MR) is 74.5 cm³/mol. The third kappa shape index (κ3) is 2.85. The maximum absolute atomic E-state index is 12.4. The molecule has 0 spiro atoms. The lowest BCUT2D eigenvalue weighted by atomic mass is 10.4. The van der Waals surface area contributed by atoms with Crippen LogP contribution in [0.3, 0.4) is 0 Å². The van der Waals surface area contributed by atoms with Gasteiger partial charge in [-0.05, 0) is 19.1 Å². The fraction of sp³-hybridized carbons (Fsp3) is 0.250. The Labute approximate surface area is 121 Å². The summed E-state index contributed by atoms with van der Waals surface area (Å²) in [6.45, 7) is 2.02. The molecular weight excluding hydrogens is 296 g/mol. The maximum Gasteiger partial charge on any atom is 0.246 e. The third-order valence-electron chi connectivity index (χ3n) is 2.62. The van der Waals surface area contributed by atoms with E-state index in [1.165, 1.54) is 41.0 Å². The van der Waals surface area contributed by atoms with E-state index in [1.54, 1.807) is 6.07 Å². The number of thiazole rings is 1. The minimum Gasteiger partial charge on any atom is -0.245 e. The molecule has 2 heterocycles. The molecule has 2 aromatic rings. The van der Waals surface area contributed by atoms with Gasteiger partial charge in [-0.1, -0.05) is 0 Å². The molecule has 0 radical (unpaired) electrons. The molecule has 0 saturated carbocycles.